The Balaban J connectivity index is 2.35. The molecule has 0 spiro atoms. The van der Waals surface area contributed by atoms with Gasteiger partial charge in [0.1, 0.15) is 0 Å². The van der Waals surface area contributed by atoms with Crippen molar-refractivity contribution >= 4 is 0 Å². The van der Waals surface area contributed by atoms with E-state index in [9.17, 15) is 5.11 Å². The predicted octanol–water partition coefficient (Wildman–Crippen LogP) is 2.13. The zero-order valence-electron chi connectivity index (χ0n) is 8.99. The van der Waals surface area contributed by atoms with Crippen LogP contribution in [0, 0.1) is 0 Å². The van der Waals surface area contributed by atoms with Crippen molar-refractivity contribution in [2.75, 3.05) is 6.61 Å². The molecule has 0 saturated heterocycles. The Morgan fingerprint density at radius 1 is 1.47 bits per heavy atom. The van der Waals surface area contributed by atoms with E-state index in [1.807, 2.05) is 19.1 Å². The molecule has 0 amide bonds. The lowest BCUT2D eigenvalue weighted by molar-refractivity contribution is 0.240. The number of phenols is 1. The minimum Gasteiger partial charge on any atom is -0.504 e. The van der Waals surface area contributed by atoms with E-state index in [4.69, 9.17) is 10.5 Å². The van der Waals surface area contributed by atoms with Crippen LogP contribution in [0.5, 0.6) is 11.5 Å². The van der Waals surface area contributed by atoms with Gasteiger partial charge in [0.25, 0.3) is 0 Å². The third-order valence-electron chi connectivity index (χ3n) is 3.08. The van der Waals surface area contributed by atoms with Crippen molar-refractivity contribution in [1.82, 2.24) is 0 Å². The first-order valence-electron chi connectivity index (χ1n) is 5.41. The largest absolute Gasteiger partial charge is 0.504 e. The summed E-state index contributed by atoms with van der Waals surface area (Å²) < 4.78 is 5.34. The van der Waals surface area contributed by atoms with Gasteiger partial charge in [-0.25, -0.2) is 0 Å². The molecule has 1 aliphatic rings. The van der Waals surface area contributed by atoms with E-state index < -0.39 is 0 Å². The van der Waals surface area contributed by atoms with Crippen LogP contribution in [0.2, 0.25) is 0 Å². The van der Waals surface area contributed by atoms with Crippen LogP contribution in [0.4, 0.5) is 0 Å². The summed E-state index contributed by atoms with van der Waals surface area (Å²) >= 11 is 0. The average molecular weight is 207 g/mol. The second-order valence-electron chi connectivity index (χ2n) is 4.10. The van der Waals surface area contributed by atoms with Crippen molar-refractivity contribution in [3.8, 4) is 11.5 Å². The Hall–Kier alpha value is -1.22. The van der Waals surface area contributed by atoms with Gasteiger partial charge >= 0.3 is 0 Å². The molecule has 0 aliphatic heterocycles. The van der Waals surface area contributed by atoms with Gasteiger partial charge in [-0.15, -0.1) is 0 Å². The maximum absolute atomic E-state index is 10.0. The number of ether oxygens (including phenoxy) is 1. The summed E-state index contributed by atoms with van der Waals surface area (Å²) in [6.45, 7) is 2.45. The Morgan fingerprint density at radius 2 is 2.20 bits per heavy atom. The summed E-state index contributed by atoms with van der Waals surface area (Å²) in [4.78, 5) is 0. The number of aromatic hydroxyl groups is 1. The molecule has 3 heteroatoms. The topological polar surface area (TPSA) is 55.5 Å². The summed E-state index contributed by atoms with van der Waals surface area (Å²) in [5, 5.41) is 10.0. The highest BCUT2D eigenvalue weighted by atomic mass is 16.5. The zero-order valence-corrected chi connectivity index (χ0v) is 8.99. The van der Waals surface area contributed by atoms with Crippen molar-refractivity contribution < 1.29 is 9.84 Å². The lowest BCUT2D eigenvalue weighted by atomic mass is 9.72. The summed E-state index contributed by atoms with van der Waals surface area (Å²) in [6.07, 6.45) is 3.01. The molecule has 82 valence electrons. The van der Waals surface area contributed by atoms with Crippen LogP contribution >= 0.6 is 0 Å². The van der Waals surface area contributed by atoms with Crippen LogP contribution in [-0.4, -0.2) is 11.7 Å². The van der Waals surface area contributed by atoms with Crippen LogP contribution in [0.15, 0.2) is 18.2 Å². The van der Waals surface area contributed by atoms with Gasteiger partial charge < -0.3 is 15.6 Å². The lowest BCUT2D eigenvalue weighted by Crippen LogP contribution is -2.43. The summed E-state index contributed by atoms with van der Waals surface area (Å²) in [5.74, 6) is 0.744. The maximum Gasteiger partial charge on any atom is 0.162 e. The van der Waals surface area contributed by atoms with Gasteiger partial charge in [-0.2, -0.15) is 0 Å². The summed E-state index contributed by atoms with van der Waals surface area (Å²) in [6, 6.07) is 5.54. The molecule has 1 aliphatic carbocycles. The number of rotatable bonds is 3. The number of para-hydroxylation sites is 1. The molecule has 2 rings (SSSR count). The van der Waals surface area contributed by atoms with Crippen molar-refractivity contribution in [3.05, 3.63) is 23.8 Å². The van der Waals surface area contributed by atoms with Crippen LogP contribution in [-0.2, 0) is 5.54 Å². The molecule has 1 aromatic carbocycles. The fraction of sp³-hybridized carbons (Fsp3) is 0.500. The van der Waals surface area contributed by atoms with E-state index in [1.165, 1.54) is 0 Å². The maximum atomic E-state index is 10.0. The van der Waals surface area contributed by atoms with Crippen LogP contribution in [0.1, 0.15) is 31.7 Å². The molecular weight excluding hydrogens is 190 g/mol. The number of nitrogens with two attached hydrogens (primary N) is 1. The molecule has 15 heavy (non-hydrogen) atoms. The van der Waals surface area contributed by atoms with Gasteiger partial charge in [0, 0.05) is 11.1 Å². The molecule has 0 unspecified atom stereocenters. The Labute approximate surface area is 89.9 Å². The highest BCUT2D eigenvalue weighted by Crippen LogP contribution is 2.45. The number of phenolic OH excluding ortho intramolecular Hbond substituents is 1. The second-order valence-corrected chi connectivity index (χ2v) is 4.10. The fourth-order valence-corrected chi connectivity index (χ4v) is 2.02. The van der Waals surface area contributed by atoms with Crippen LogP contribution in [0.25, 0.3) is 0 Å². The average Bonchev–Trinajstić information content (AvgIpc) is 2.18. The van der Waals surface area contributed by atoms with Crippen molar-refractivity contribution in [3.63, 3.8) is 0 Å². The first-order chi connectivity index (χ1) is 7.17. The Kier molecular flexibility index (Phi) is 2.57. The van der Waals surface area contributed by atoms with E-state index in [0.29, 0.717) is 12.4 Å². The third kappa shape index (κ3) is 1.67. The molecule has 0 radical (unpaired) electrons. The van der Waals surface area contributed by atoms with Gasteiger partial charge in [-0.1, -0.05) is 12.1 Å². The SMILES string of the molecule is CCOc1cccc(C2(N)CCC2)c1O. The molecular formula is C12H17NO2. The third-order valence-corrected chi connectivity index (χ3v) is 3.08. The van der Waals surface area contributed by atoms with Crippen molar-refractivity contribution in [1.29, 1.82) is 0 Å². The normalized spacial score (nSPS) is 18.3. The number of hydrogen-bond acceptors (Lipinski definition) is 3. The van der Waals surface area contributed by atoms with E-state index in [1.54, 1.807) is 6.07 Å². The molecule has 3 nitrogen and oxygen atoms in total. The van der Waals surface area contributed by atoms with Crippen molar-refractivity contribution in [2.45, 2.75) is 31.7 Å². The monoisotopic (exact) mass is 207 g/mol. The van der Waals surface area contributed by atoms with E-state index in [-0.39, 0.29) is 11.3 Å². The smallest absolute Gasteiger partial charge is 0.162 e. The highest BCUT2D eigenvalue weighted by Gasteiger charge is 2.37. The quantitative estimate of drug-likeness (QED) is 0.798. The summed E-state index contributed by atoms with van der Waals surface area (Å²) in [7, 11) is 0. The van der Waals surface area contributed by atoms with E-state index in [2.05, 4.69) is 0 Å². The Morgan fingerprint density at radius 3 is 2.73 bits per heavy atom. The van der Waals surface area contributed by atoms with Crippen LogP contribution in [0.3, 0.4) is 0 Å². The number of hydrogen-bond donors (Lipinski definition) is 2. The standard InChI is InChI=1S/C12H17NO2/c1-2-15-10-6-3-5-9(11(10)14)12(13)7-4-8-12/h3,5-6,14H,2,4,7-8,13H2,1H3. The first kappa shape index (κ1) is 10.3. The van der Waals surface area contributed by atoms with Gasteiger partial charge in [0.05, 0.1) is 6.61 Å². The molecule has 0 aromatic heterocycles. The van der Waals surface area contributed by atoms with Crippen LogP contribution < -0.4 is 10.5 Å². The molecule has 1 fully saturated rings. The van der Waals surface area contributed by atoms with Gasteiger partial charge in [-0.3, -0.25) is 0 Å². The van der Waals surface area contributed by atoms with Gasteiger partial charge in [-0.05, 0) is 32.3 Å². The lowest BCUT2D eigenvalue weighted by Gasteiger charge is -2.39. The molecule has 1 saturated carbocycles. The molecule has 0 heterocycles. The minimum atomic E-state index is -0.336. The molecule has 0 bridgehead atoms. The summed E-state index contributed by atoms with van der Waals surface area (Å²) in [5.41, 5.74) is 6.66. The van der Waals surface area contributed by atoms with E-state index in [0.717, 1.165) is 24.8 Å². The van der Waals surface area contributed by atoms with Gasteiger partial charge in [0.15, 0.2) is 11.5 Å². The minimum absolute atomic E-state index is 0.210. The van der Waals surface area contributed by atoms with E-state index >= 15 is 0 Å². The highest BCUT2D eigenvalue weighted by molar-refractivity contribution is 5.49. The number of benzene rings is 1. The zero-order chi connectivity index (χ0) is 10.9. The van der Waals surface area contributed by atoms with Gasteiger partial charge in [0.2, 0.25) is 0 Å². The second kappa shape index (κ2) is 3.74. The van der Waals surface area contributed by atoms with Crippen molar-refractivity contribution in [2.24, 2.45) is 5.73 Å². The fourth-order valence-electron chi connectivity index (χ4n) is 2.02. The molecule has 1 aromatic rings. The predicted molar refractivity (Wildman–Crippen MR) is 59.0 cm³/mol. The molecule has 0 atom stereocenters. The Bertz CT molecular complexity index is 359. The first-order valence-corrected chi connectivity index (χ1v) is 5.41. The molecule has 3 N–H and O–H groups in total.